The highest BCUT2D eigenvalue weighted by Crippen LogP contribution is 2.27. The van der Waals surface area contributed by atoms with Crippen LogP contribution in [0, 0.1) is 5.92 Å². The quantitative estimate of drug-likeness (QED) is 0.880. The van der Waals surface area contributed by atoms with Crippen molar-refractivity contribution >= 4 is 35.0 Å². The van der Waals surface area contributed by atoms with E-state index in [0.717, 1.165) is 25.9 Å². The lowest BCUT2D eigenvalue weighted by Gasteiger charge is -2.31. The van der Waals surface area contributed by atoms with Gasteiger partial charge in [0.05, 0.1) is 11.6 Å². The lowest BCUT2D eigenvalue weighted by Crippen LogP contribution is -2.45. The smallest absolute Gasteiger partial charge is 0.258 e. The molecular formula is C16H20Cl2N2O3. The van der Waals surface area contributed by atoms with E-state index in [-0.39, 0.29) is 25.0 Å². The number of amides is 2. The van der Waals surface area contributed by atoms with Crippen LogP contribution in [0.25, 0.3) is 0 Å². The molecule has 126 valence electrons. The van der Waals surface area contributed by atoms with Gasteiger partial charge in [-0.15, -0.1) is 0 Å². The van der Waals surface area contributed by atoms with E-state index in [4.69, 9.17) is 27.9 Å². The number of benzene rings is 1. The molecule has 5 nitrogen and oxygen atoms in total. The van der Waals surface area contributed by atoms with Crippen molar-refractivity contribution < 1.29 is 14.3 Å². The fourth-order valence-electron chi connectivity index (χ4n) is 2.49. The van der Waals surface area contributed by atoms with Gasteiger partial charge in [0.15, 0.2) is 6.61 Å². The molecule has 0 aromatic heterocycles. The Morgan fingerprint density at radius 1 is 1.39 bits per heavy atom. The van der Waals surface area contributed by atoms with E-state index >= 15 is 0 Å². The van der Waals surface area contributed by atoms with Gasteiger partial charge in [0.25, 0.3) is 5.91 Å². The maximum atomic E-state index is 12.0. The first-order valence-corrected chi connectivity index (χ1v) is 8.33. The van der Waals surface area contributed by atoms with Crippen LogP contribution in [0.2, 0.25) is 10.0 Å². The number of nitrogens with one attached hydrogen (secondary N) is 1. The van der Waals surface area contributed by atoms with Crippen molar-refractivity contribution in [1.29, 1.82) is 0 Å². The van der Waals surface area contributed by atoms with Crippen LogP contribution in [-0.4, -0.2) is 43.0 Å². The summed E-state index contributed by atoms with van der Waals surface area (Å²) < 4.78 is 5.32. The van der Waals surface area contributed by atoms with Crippen LogP contribution < -0.4 is 10.1 Å². The van der Waals surface area contributed by atoms with Gasteiger partial charge in [0.2, 0.25) is 5.91 Å². The third-order valence-corrected chi connectivity index (χ3v) is 4.23. The minimum atomic E-state index is -0.366. The summed E-state index contributed by atoms with van der Waals surface area (Å²) in [4.78, 5) is 25.6. The lowest BCUT2D eigenvalue weighted by atomic mass is 10.0. The van der Waals surface area contributed by atoms with Crippen LogP contribution in [0.4, 0.5) is 0 Å². The number of piperidine rings is 1. The molecule has 1 aliphatic heterocycles. The van der Waals surface area contributed by atoms with Crippen LogP contribution >= 0.6 is 23.2 Å². The largest absolute Gasteiger partial charge is 0.482 e. The Labute approximate surface area is 145 Å². The Morgan fingerprint density at radius 2 is 2.17 bits per heavy atom. The fraction of sp³-hybridized carbons (Fsp3) is 0.500. The molecule has 1 unspecified atom stereocenters. The third kappa shape index (κ3) is 5.59. The van der Waals surface area contributed by atoms with Gasteiger partial charge in [-0.25, -0.2) is 0 Å². The van der Waals surface area contributed by atoms with Gasteiger partial charge in [-0.2, -0.15) is 0 Å². The molecule has 7 heteroatoms. The van der Waals surface area contributed by atoms with Gasteiger partial charge in [-0.3, -0.25) is 9.59 Å². The number of hydrogen-bond donors (Lipinski definition) is 1. The predicted octanol–water partition coefficient (Wildman–Crippen LogP) is 2.75. The van der Waals surface area contributed by atoms with Crippen LogP contribution in [0.1, 0.15) is 19.8 Å². The van der Waals surface area contributed by atoms with Gasteiger partial charge in [-0.1, -0.05) is 30.1 Å². The van der Waals surface area contributed by atoms with Crippen LogP contribution in [0.5, 0.6) is 5.75 Å². The monoisotopic (exact) mass is 358 g/mol. The van der Waals surface area contributed by atoms with Crippen molar-refractivity contribution in [3.8, 4) is 5.75 Å². The standard InChI is InChI=1S/C16H20Cl2N2O3/c1-11-3-2-6-20(9-11)16(22)8-19-15(21)10-23-14-5-4-12(17)7-13(14)18/h4-5,7,11H,2-3,6,8-10H2,1H3,(H,19,21). The molecule has 0 radical (unpaired) electrons. The summed E-state index contributed by atoms with van der Waals surface area (Å²) >= 11 is 11.7. The number of halogens is 2. The molecule has 1 atom stereocenters. The summed E-state index contributed by atoms with van der Waals surface area (Å²) in [5.41, 5.74) is 0. The molecule has 1 aromatic rings. The van der Waals surface area contributed by atoms with Crippen molar-refractivity contribution in [2.24, 2.45) is 5.92 Å². The van der Waals surface area contributed by atoms with Gasteiger partial charge < -0.3 is 15.0 Å². The number of rotatable bonds is 5. The first-order valence-electron chi connectivity index (χ1n) is 7.58. The Balaban J connectivity index is 1.73. The molecule has 1 aliphatic rings. The number of likely N-dealkylation sites (tertiary alicyclic amines) is 1. The summed E-state index contributed by atoms with van der Waals surface area (Å²) in [6, 6.07) is 4.76. The maximum absolute atomic E-state index is 12.0. The predicted molar refractivity (Wildman–Crippen MR) is 89.9 cm³/mol. The fourth-order valence-corrected chi connectivity index (χ4v) is 2.95. The van der Waals surface area contributed by atoms with Crippen molar-refractivity contribution in [1.82, 2.24) is 10.2 Å². The zero-order valence-corrected chi connectivity index (χ0v) is 14.5. The first-order chi connectivity index (χ1) is 11.0. The van der Waals surface area contributed by atoms with E-state index in [2.05, 4.69) is 12.2 Å². The Bertz CT molecular complexity index is 580. The van der Waals surface area contributed by atoms with E-state index in [1.165, 1.54) is 6.07 Å². The minimum Gasteiger partial charge on any atom is -0.482 e. The Kier molecular flexibility index (Phi) is 6.54. The first kappa shape index (κ1) is 17.9. The van der Waals surface area contributed by atoms with Crippen molar-refractivity contribution in [3.63, 3.8) is 0 Å². The zero-order valence-electron chi connectivity index (χ0n) is 13.0. The second-order valence-electron chi connectivity index (χ2n) is 5.73. The molecule has 0 spiro atoms. The molecule has 1 saturated heterocycles. The number of carbonyl (C=O) groups is 2. The molecule has 1 aromatic carbocycles. The highest BCUT2D eigenvalue weighted by molar-refractivity contribution is 6.35. The lowest BCUT2D eigenvalue weighted by molar-refractivity contribution is -0.134. The van der Waals surface area contributed by atoms with Crippen LogP contribution in [0.3, 0.4) is 0 Å². The van der Waals surface area contributed by atoms with Gasteiger partial charge in [0.1, 0.15) is 5.75 Å². The summed E-state index contributed by atoms with van der Waals surface area (Å²) in [5.74, 6) is 0.463. The number of ether oxygens (including phenoxy) is 1. The molecule has 2 amide bonds. The summed E-state index contributed by atoms with van der Waals surface area (Å²) in [5, 5.41) is 3.40. The molecule has 1 fully saturated rings. The highest BCUT2D eigenvalue weighted by Gasteiger charge is 2.21. The number of nitrogens with zero attached hydrogens (tertiary/aromatic N) is 1. The molecule has 0 saturated carbocycles. The normalized spacial score (nSPS) is 17.7. The van der Waals surface area contributed by atoms with Crippen LogP contribution in [-0.2, 0) is 9.59 Å². The van der Waals surface area contributed by atoms with E-state index in [0.29, 0.717) is 21.7 Å². The van der Waals surface area contributed by atoms with Crippen molar-refractivity contribution in [3.05, 3.63) is 28.2 Å². The van der Waals surface area contributed by atoms with Gasteiger partial charge in [-0.05, 0) is 37.0 Å². The molecule has 1 heterocycles. The van der Waals surface area contributed by atoms with E-state index in [1.54, 1.807) is 17.0 Å². The maximum Gasteiger partial charge on any atom is 0.258 e. The molecule has 2 rings (SSSR count). The Morgan fingerprint density at radius 3 is 2.87 bits per heavy atom. The second-order valence-corrected chi connectivity index (χ2v) is 6.57. The molecule has 23 heavy (non-hydrogen) atoms. The average Bonchev–Trinajstić information content (AvgIpc) is 2.51. The molecule has 1 N–H and O–H groups in total. The summed E-state index contributed by atoms with van der Waals surface area (Å²) in [6.07, 6.45) is 2.16. The zero-order chi connectivity index (χ0) is 16.8. The minimum absolute atomic E-state index is 0.0107. The second kappa shape index (κ2) is 8.41. The van der Waals surface area contributed by atoms with Gasteiger partial charge >= 0.3 is 0 Å². The number of hydrogen-bond acceptors (Lipinski definition) is 3. The third-order valence-electron chi connectivity index (χ3n) is 3.70. The SMILES string of the molecule is CC1CCCN(C(=O)CNC(=O)COc2ccc(Cl)cc2Cl)C1. The van der Waals surface area contributed by atoms with E-state index in [9.17, 15) is 9.59 Å². The summed E-state index contributed by atoms with van der Waals surface area (Å²) in [6.45, 7) is 3.43. The van der Waals surface area contributed by atoms with E-state index in [1.807, 2.05) is 0 Å². The van der Waals surface area contributed by atoms with Crippen molar-refractivity contribution in [2.45, 2.75) is 19.8 Å². The summed E-state index contributed by atoms with van der Waals surface area (Å²) in [7, 11) is 0. The van der Waals surface area contributed by atoms with E-state index < -0.39 is 0 Å². The Hall–Kier alpha value is -1.46. The van der Waals surface area contributed by atoms with Crippen LogP contribution in [0.15, 0.2) is 18.2 Å². The molecule has 0 aliphatic carbocycles. The molecule has 0 bridgehead atoms. The van der Waals surface area contributed by atoms with Gasteiger partial charge in [0, 0.05) is 18.1 Å². The molecular weight excluding hydrogens is 339 g/mol. The van der Waals surface area contributed by atoms with Crippen molar-refractivity contribution in [2.75, 3.05) is 26.2 Å². The average molecular weight is 359 g/mol. The topological polar surface area (TPSA) is 58.6 Å². The number of carbonyl (C=O) groups excluding carboxylic acids is 2. The highest BCUT2D eigenvalue weighted by atomic mass is 35.5.